The summed E-state index contributed by atoms with van der Waals surface area (Å²) in [5.74, 6) is -0.233. The Kier molecular flexibility index (Phi) is 5.15. The SMILES string of the molecule is Cn1ncc2c(=O)n(CC(=O)NC(c3ccc4c(c3)CCCC4)c3cccs3)cnc21. The first-order chi connectivity index (χ1) is 15.1. The zero-order valence-corrected chi connectivity index (χ0v) is 18.1. The number of benzene rings is 1. The number of nitrogens with zero attached hydrogens (tertiary/aromatic N) is 4. The molecule has 0 fully saturated rings. The van der Waals surface area contributed by atoms with Gasteiger partial charge in [0.25, 0.3) is 5.56 Å². The summed E-state index contributed by atoms with van der Waals surface area (Å²) < 4.78 is 2.88. The van der Waals surface area contributed by atoms with Crippen LogP contribution < -0.4 is 10.9 Å². The maximum atomic E-state index is 13.0. The topological polar surface area (TPSA) is 81.8 Å². The molecule has 1 aromatic carbocycles. The molecule has 0 bridgehead atoms. The number of thiophene rings is 1. The molecule has 4 aromatic rings. The molecular weight excluding hydrogens is 410 g/mol. The highest BCUT2D eigenvalue weighted by atomic mass is 32.1. The van der Waals surface area contributed by atoms with Crippen molar-refractivity contribution in [3.63, 3.8) is 0 Å². The summed E-state index contributed by atoms with van der Waals surface area (Å²) in [6, 6.07) is 10.3. The van der Waals surface area contributed by atoms with E-state index in [9.17, 15) is 9.59 Å². The van der Waals surface area contributed by atoms with E-state index in [1.807, 2.05) is 17.5 Å². The number of carbonyl (C=O) groups excluding carboxylic acids is 1. The van der Waals surface area contributed by atoms with E-state index in [2.05, 4.69) is 33.6 Å². The number of carbonyl (C=O) groups is 1. The molecule has 3 heterocycles. The summed E-state index contributed by atoms with van der Waals surface area (Å²) >= 11 is 1.61. The van der Waals surface area contributed by atoms with Crippen LogP contribution in [0.15, 0.2) is 53.0 Å². The van der Waals surface area contributed by atoms with Crippen molar-refractivity contribution in [2.45, 2.75) is 38.3 Å². The van der Waals surface area contributed by atoms with Gasteiger partial charge in [0.05, 0.1) is 12.2 Å². The third kappa shape index (κ3) is 3.79. The first-order valence-electron chi connectivity index (χ1n) is 10.4. The van der Waals surface area contributed by atoms with Gasteiger partial charge in [0.1, 0.15) is 18.3 Å². The van der Waals surface area contributed by atoms with Gasteiger partial charge in [0.2, 0.25) is 5.91 Å². The van der Waals surface area contributed by atoms with Gasteiger partial charge in [0, 0.05) is 11.9 Å². The minimum Gasteiger partial charge on any atom is -0.343 e. The molecule has 1 N–H and O–H groups in total. The number of aromatic nitrogens is 4. The molecule has 0 spiro atoms. The summed E-state index contributed by atoms with van der Waals surface area (Å²) in [4.78, 5) is 31.0. The Bertz CT molecular complexity index is 1310. The molecule has 1 amide bonds. The Hall–Kier alpha value is -3.26. The van der Waals surface area contributed by atoms with Crippen LogP contribution in [0.25, 0.3) is 11.0 Å². The molecule has 8 heteroatoms. The predicted octanol–water partition coefficient (Wildman–Crippen LogP) is 2.98. The number of nitrogens with one attached hydrogen (secondary N) is 1. The minimum atomic E-state index is -0.269. The fourth-order valence-electron chi connectivity index (χ4n) is 4.25. The van der Waals surface area contributed by atoms with Gasteiger partial charge in [0.15, 0.2) is 5.65 Å². The maximum Gasteiger partial charge on any atom is 0.264 e. The van der Waals surface area contributed by atoms with Crippen molar-refractivity contribution >= 4 is 28.3 Å². The molecule has 1 unspecified atom stereocenters. The molecule has 0 radical (unpaired) electrons. The second-order valence-electron chi connectivity index (χ2n) is 7.93. The number of fused-ring (bicyclic) bond motifs is 2. The lowest BCUT2D eigenvalue weighted by molar-refractivity contribution is -0.122. The monoisotopic (exact) mass is 433 g/mol. The van der Waals surface area contributed by atoms with E-state index in [-0.39, 0.29) is 24.1 Å². The second kappa shape index (κ2) is 8.11. The third-order valence-electron chi connectivity index (χ3n) is 5.87. The highest BCUT2D eigenvalue weighted by Crippen LogP contribution is 2.30. The van der Waals surface area contributed by atoms with Gasteiger partial charge in [-0.3, -0.25) is 18.8 Å². The zero-order chi connectivity index (χ0) is 21.4. The van der Waals surface area contributed by atoms with Crippen LogP contribution in [0.3, 0.4) is 0 Å². The van der Waals surface area contributed by atoms with Crippen molar-refractivity contribution in [2.75, 3.05) is 0 Å². The lowest BCUT2D eigenvalue weighted by Gasteiger charge is -2.22. The summed E-state index contributed by atoms with van der Waals surface area (Å²) in [6.07, 6.45) is 7.55. The van der Waals surface area contributed by atoms with Gasteiger partial charge in [-0.1, -0.05) is 24.3 Å². The average Bonchev–Trinajstić information content (AvgIpc) is 3.44. The highest BCUT2D eigenvalue weighted by molar-refractivity contribution is 7.10. The van der Waals surface area contributed by atoms with Crippen LogP contribution >= 0.6 is 11.3 Å². The normalized spacial score (nSPS) is 14.4. The van der Waals surface area contributed by atoms with Crippen molar-refractivity contribution in [1.29, 1.82) is 0 Å². The molecule has 0 saturated carbocycles. The molecule has 1 aliphatic carbocycles. The van der Waals surface area contributed by atoms with Gasteiger partial charge in [-0.15, -0.1) is 11.3 Å². The third-order valence-corrected chi connectivity index (χ3v) is 6.81. The van der Waals surface area contributed by atoms with Crippen LogP contribution in [-0.2, 0) is 31.2 Å². The Morgan fingerprint density at radius 1 is 1.23 bits per heavy atom. The number of aryl methyl sites for hydroxylation is 3. The summed E-state index contributed by atoms with van der Waals surface area (Å²) in [5.41, 5.74) is 4.10. The summed E-state index contributed by atoms with van der Waals surface area (Å²) in [5, 5.41) is 9.63. The predicted molar refractivity (Wildman–Crippen MR) is 120 cm³/mol. The Labute approximate surface area is 183 Å². The van der Waals surface area contributed by atoms with Gasteiger partial charge in [-0.05, 0) is 53.8 Å². The van der Waals surface area contributed by atoms with Gasteiger partial charge in [-0.2, -0.15) is 5.10 Å². The highest BCUT2D eigenvalue weighted by Gasteiger charge is 2.21. The Morgan fingerprint density at radius 2 is 2.06 bits per heavy atom. The van der Waals surface area contributed by atoms with Crippen LogP contribution in [0.1, 0.15) is 40.5 Å². The largest absolute Gasteiger partial charge is 0.343 e. The molecule has 1 atom stereocenters. The van der Waals surface area contributed by atoms with Crippen molar-refractivity contribution in [3.05, 3.63) is 80.2 Å². The fraction of sp³-hybridized carbons (Fsp3) is 0.304. The quantitative estimate of drug-likeness (QED) is 0.525. The zero-order valence-electron chi connectivity index (χ0n) is 17.2. The molecule has 158 valence electrons. The van der Waals surface area contributed by atoms with Crippen molar-refractivity contribution in [3.8, 4) is 0 Å². The molecule has 5 rings (SSSR count). The molecule has 1 aliphatic rings. The van der Waals surface area contributed by atoms with Crippen molar-refractivity contribution < 1.29 is 4.79 Å². The number of amides is 1. The van der Waals surface area contributed by atoms with E-state index >= 15 is 0 Å². The average molecular weight is 434 g/mol. The first kappa shape index (κ1) is 19.7. The Morgan fingerprint density at radius 3 is 2.87 bits per heavy atom. The lowest BCUT2D eigenvalue weighted by Crippen LogP contribution is -2.35. The van der Waals surface area contributed by atoms with Crippen LogP contribution in [0.2, 0.25) is 0 Å². The first-order valence-corrected chi connectivity index (χ1v) is 11.3. The molecule has 3 aromatic heterocycles. The molecule has 7 nitrogen and oxygen atoms in total. The van der Waals surface area contributed by atoms with E-state index in [4.69, 9.17) is 0 Å². The van der Waals surface area contributed by atoms with E-state index < -0.39 is 0 Å². The Balaban J connectivity index is 1.42. The van der Waals surface area contributed by atoms with Crippen LogP contribution in [-0.4, -0.2) is 25.2 Å². The number of hydrogen-bond acceptors (Lipinski definition) is 5. The van der Waals surface area contributed by atoms with Gasteiger partial charge >= 0.3 is 0 Å². The van der Waals surface area contributed by atoms with E-state index in [0.29, 0.717) is 11.0 Å². The second-order valence-corrected chi connectivity index (χ2v) is 8.91. The van der Waals surface area contributed by atoms with Crippen molar-refractivity contribution in [1.82, 2.24) is 24.6 Å². The van der Waals surface area contributed by atoms with Crippen LogP contribution in [0, 0.1) is 0 Å². The van der Waals surface area contributed by atoms with Crippen molar-refractivity contribution in [2.24, 2.45) is 7.05 Å². The molecular formula is C23H23N5O2S. The lowest BCUT2D eigenvalue weighted by atomic mass is 9.89. The maximum absolute atomic E-state index is 13.0. The van der Waals surface area contributed by atoms with Gasteiger partial charge < -0.3 is 5.32 Å². The smallest absolute Gasteiger partial charge is 0.264 e. The van der Waals surface area contributed by atoms with Crippen LogP contribution in [0.5, 0.6) is 0 Å². The van der Waals surface area contributed by atoms with E-state index in [1.54, 1.807) is 23.1 Å². The van der Waals surface area contributed by atoms with Crippen LogP contribution in [0.4, 0.5) is 0 Å². The standard InChI is InChI=1S/C23H23N5O2S/c1-27-22-18(12-25-27)23(30)28(14-24-22)13-20(29)26-21(19-7-4-10-31-19)17-9-8-15-5-2-3-6-16(15)11-17/h4,7-12,14,21H,2-3,5-6,13H2,1H3,(H,26,29). The number of rotatable bonds is 5. The molecule has 0 aliphatic heterocycles. The minimum absolute atomic E-state index is 0.0938. The number of hydrogen-bond donors (Lipinski definition) is 1. The van der Waals surface area contributed by atoms with Gasteiger partial charge in [-0.25, -0.2) is 4.98 Å². The van der Waals surface area contributed by atoms with E-state index in [1.165, 1.54) is 41.1 Å². The van der Waals surface area contributed by atoms with E-state index in [0.717, 1.165) is 23.3 Å². The summed E-state index contributed by atoms with van der Waals surface area (Å²) in [6.45, 7) is -0.0938. The molecule has 0 saturated heterocycles. The summed E-state index contributed by atoms with van der Waals surface area (Å²) in [7, 11) is 1.73. The molecule has 31 heavy (non-hydrogen) atoms. The fourth-order valence-corrected chi connectivity index (χ4v) is 5.05.